The Kier molecular flexibility index (Phi) is 8.27. The molecule has 1 amide bonds. The summed E-state index contributed by atoms with van der Waals surface area (Å²) < 4.78 is 0. The Labute approximate surface area is 202 Å². The average Bonchev–Trinajstić information content (AvgIpc) is 3.63. The van der Waals surface area contributed by atoms with Crippen LogP contribution >= 0.6 is 0 Å². The van der Waals surface area contributed by atoms with E-state index in [1.54, 1.807) is 17.6 Å². The van der Waals surface area contributed by atoms with Crippen LogP contribution in [0.2, 0.25) is 0 Å². The molecular weight excluding hydrogens is 424 g/mol. The molecule has 0 aromatic heterocycles. The molecule has 2 aromatic rings. The van der Waals surface area contributed by atoms with Crippen molar-refractivity contribution in [3.05, 3.63) is 76.9 Å². The summed E-state index contributed by atoms with van der Waals surface area (Å²) >= 11 is 0. The van der Waals surface area contributed by atoms with Gasteiger partial charge in [-0.1, -0.05) is 42.5 Å². The van der Waals surface area contributed by atoms with Gasteiger partial charge in [0, 0.05) is 50.4 Å². The molecule has 0 bridgehead atoms. The molecule has 1 saturated heterocycles. The molecule has 180 valence electrons. The summed E-state index contributed by atoms with van der Waals surface area (Å²) in [4.78, 5) is 18.1. The Hall–Kier alpha value is -2.80. The molecule has 1 heterocycles. The molecule has 3 N–H and O–H groups in total. The van der Waals surface area contributed by atoms with E-state index in [0.29, 0.717) is 17.5 Å². The van der Waals surface area contributed by atoms with E-state index in [-0.39, 0.29) is 0 Å². The first kappa shape index (κ1) is 24.3. The number of hydrogen-bond acceptors (Lipinski definition) is 5. The van der Waals surface area contributed by atoms with Gasteiger partial charge in [0.15, 0.2) is 0 Å². The molecule has 0 spiro atoms. The number of carbonyl (C=O) groups excluding carboxylic acids is 1. The minimum atomic E-state index is -0.469. The molecule has 2 fully saturated rings. The highest BCUT2D eigenvalue weighted by Gasteiger charge is 2.39. The number of hydrogen-bond donors (Lipinski definition) is 3. The zero-order valence-electron chi connectivity index (χ0n) is 20.2. The van der Waals surface area contributed by atoms with E-state index in [2.05, 4.69) is 52.5 Å². The van der Waals surface area contributed by atoms with Crippen molar-refractivity contribution in [1.29, 1.82) is 0 Å². The van der Waals surface area contributed by atoms with Crippen LogP contribution < -0.4 is 10.8 Å². The third kappa shape index (κ3) is 6.20. The molecule has 2 aromatic carbocycles. The van der Waals surface area contributed by atoms with Crippen LogP contribution in [0.15, 0.2) is 59.6 Å². The number of aliphatic imine (C=N–C) groups is 1. The third-order valence-corrected chi connectivity index (χ3v) is 7.00. The lowest BCUT2D eigenvalue weighted by Crippen LogP contribution is -2.51. The Balaban J connectivity index is 1.10. The van der Waals surface area contributed by atoms with Crippen molar-refractivity contribution >= 4 is 17.7 Å². The van der Waals surface area contributed by atoms with Crippen LogP contribution in [0.4, 0.5) is 0 Å². The summed E-state index contributed by atoms with van der Waals surface area (Å²) in [5.74, 6) is 0.933. The lowest BCUT2D eigenvalue weighted by Gasteiger charge is -2.39. The zero-order valence-corrected chi connectivity index (χ0v) is 20.2. The molecule has 1 aliphatic heterocycles. The van der Waals surface area contributed by atoms with Crippen molar-refractivity contribution in [2.75, 3.05) is 33.2 Å². The summed E-state index contributed by atoms with van der Waals surface area (Å²) in [6.07, 6.45) is 7.37. The van der Waals surface area contributed by atoms with Crippen LogP contribution in [0.1, 0.15) is 52.7 Å². The molecular formula is C28H36N4O2. The molecule has 6 nitrogen and oxygen atoms in total. The quantitative estimate of drug-likeness (QED) is 0.270. The molecule has 6 heteroatoms. The molecule has 1 aliphatic carbocycles. The first-order valence-electron chi connectivity index (χ1n) is 12.3. The van der Waals surface area contributed by atoms with Crippen LogP contribution in [-0.2, 0) is 6.42 Å². The third-order valence-electron chi connectivity index (χ3n) is 7.00. The smallest absolute Gasteiger partial charge is 0.274 e. The SMILES string of the molecule is C/C=C(\C=NC)c1ccc(C2CC2NCC2CN(CCCc3ccc(C(=O)NO)cc3)C2)cc1. The van der Waals surface area contributed by atoms with Crippen molar-refractivity contribution in [2.45, 2.75) is 38.1 Å². The van der Waals surface area contributed by atoms with Gasteiger partial charge in [-0.25, -0.2) is 5.48 Å². The predicted octanol–water partition coefficient (Wildman–Crippen LogP) is 3.92. The van der Waals surface area contributed by atoms with Gasteiger partial charge < -0.3 is 10.2 Å². The van der Waals surface area contributed by atoms with Gasteiger partial charge in [-0.3, -0.25) is 15.0 Å². The van der Waals surface area contributed by atoms with Crippen LogP contribution in [-0.4, -0.2) is 61.5 Å². The lowest BCUT2D eigenvalue weighted by atomic mass is 9.99. The van der Waals surface area contributed by atoms with Gasteiger partial charge in [0.1, 0.15) is 0 Å². The maximum atomic E-state index is 11.4. The standard InChI is InChI=1S/C28H36N4O2/c1-3-22(17-29-2)23-10-12-24(13-11-23)26-15-27(26)30-16-21-18-32(19-21)14-4-5-20-6-8-25(9-7-20)28(33)31-34/h3,6-13,17,21,26-27,30,34H,4-5,14-16,18-19H2,1-2H3,(H,31,33)/b22-3+,29-17?. The van der Waals surface area contributed by atoms with Crippen LogP contribution in [0, 0.1) is 5.92 Å². The number of aryl methyl sites for hydroxylation is 1. The van der Waals surface area contributed by atoms with E-state index in [4.69, 9.17) is 5.21 Å². The number of rotatable bonds is 11. The second-order valence-electron chi connectivity index (χ2n) is 9.48. The number of likely N-dealkylation sites (tertiary alicyclic amines) is 1. The van der Waals surface area contributed by atoms with Crippen molar-refractivity contribution in [3.63, 3.8) is 0 Å². The first-order valence-corrected chi connectivity index (χ1v) is 12.3. The fourth-order valence-electron chi connectivity index (χ4n) is 4.87. The van der Waals surface area contributed by atoms with Gasteiger partial charge in [-0.2, -0.15) is 0 Å². The number of nitrogens with zero attached hydrogens (tertiary/aromatic N) is 2. The number of hydroxylamine groups is 1. The normalized spacial score (nSPS) is 21.0. The van der Waals surface area contributed by atoms with Crippen molar-refractivity contribution in [2.24, 2.45) is 10.9 Å². The molecule has 2 aliphatic rings. The number of amides is 1. The van der Waals surface area contributed by atoms with E-state index < -0.39 is 5.91 Å². The van der Waals surface area contributed by atoms with Gasteiger partial charge in [0.2, 0.25) is 0 Å². The molecule has 4 rings (SSSR count). The Morgan fingerprint density at radius 3 is 2.47 bits per heavy atom. The van der Waals surface area contributed by atoms with E-state index >= 15 is 0 Å². The fourth-order valence-corrected chi connectivity index (χ4v) is 4.87. The van der Waals surface area contributed by atoms with E-state index in [9.17, 15) is 4.79 Å². The lowest BCUT2D eigenvalue weighted by molar-refractivity contribution is 0.0706. The van der Waals surface area contributed by atoms with E-state index in [0.717, 1.165) is 31.8 Å². The van der Waals surface area contributed by atoms with Gasteiger partial charge in [0.05, 0.1) is 0 Å². The molecule has 1 saturated carbocycles. The number of carbonyl (C=O) groups is 1. The molecule has 2 atom stereocenters. The van der Waals surface area contributed by atoms with Gasteiger partial charge >= 0.3 is 0 Å². The first-order chi connectivity index (χ1) is 16.6. The largest absolute Gasteiger partial charge is 0.313 e. The molecule has 34 heavy (non-hydrogen) atoms. The summed E-state index contributed by atoms with van der Waals surface area (Å²) in [5.41, 5.74) is 7.19. The van der Waals surface area contributed by atoms with Crippen molar-refractivity contribution in [1.82, 2.24) is 15.7 Å². The zero-order chi connectivity index (χ0) is 23.9. The van der Waals surface area contributed by atoms with Crippen molar-refractivity contribution in [3.8, 4) is 0 Å². The topological polar surface area (TPSA) is 77.0 Å². The highest BCUT2D eigenvalue weighted by atomic mass is 16.5. The highest BCUT2D eigenvalue weighted by molar-refractivity contribution is 6.09. The van der Waals surface area contributed by atoms with Gasteiger partial charge in [-0.15, -0.1) is 0 Å². The van der Waals surface area contributed by atoms with Gasteiger partial charge in [-0.05, 0) is 73.0 Å². The summed E-state index contributed by atoms with van der Waals surface area (Å²) in [5, 5.41) is 12.5. The van der Waals surface area contributed by atoms with Gasteiger partial charge in [0.25, 0.3) is 5.91 Å². The Morgan fingerprint density at radius 2 is 1.82 bits per heavy atom. The predicted molar refractivity (Wildman–Crippen MR) is 138 cm³/mol. The molecule has 2 unspecified atom stereocenters. The van der Waals surface area contributed by atoms with Crippen molar-refractivity contribution < 1.29 is 10.0 Å². The summed E-state index contributed by atoms with van der Waals surface area (Å²) in [6.45, 7) is 6.64. The fraction of sp³-hybridized carbons (Fsp3) is 0.429. The summed E-state index contributed by atoms with van der Waals surface area (Å²) in [6, 6.07) is 17.0. The van der Waals surface area contributed by atoms with E-state index in [1.165, 1.54) is 41.8 Å². The number of benzene rings is 2. The second kappa shape index (κ2) is 11.6. The maximum absolute atomic E-state index is 11.4. The molecule has 0 radical (unpaired) electrons. The van der Waals surface area contributed by atoms with Crippen LogP contribution in [0.5, 0.6) is 0 Å². The Bertz CT molecular complexity index is 1010. The minimum Gasteiger partial charge on any atom is -0.313 e. The Morgan fingerprint density at radius 1 is 1.12 bits per heavy atom. The summed E-state index contributed by atoms with van der Waals surface area (Å²) in [7, 11) is 1.81. The van der Waals surface area contributed by atoms with Crippen LogP contribution in [0.25, 0.3) is 5.57 Å². The maximum Gasteiger partial charge on any atom is 0.274 e. The van der Waals surface area contributed by atoms with Crippen LogP contribution in [0.3, 0.4) is 0 Å². The number of nitrogens with one attached hydrogen (secondary N) is 2. The van der Waals surface area contributed by atoms with E-state index in [1.807, 2.05) is 25.4 Å². The minimum absolute atomic E-state index is 0.469. The number of allylic oxidation sites excluding steroid dienone is 2. The monoisotopic (exact) mass is 460 g/mol. The average molecular weight is 461 g/mol. The second-order valence-corrected chi connectivity index (χ2v) is 9.48. The highest BCUT2D eigenvalue weighted by Crippen LogP contribution is 2.41.